The van der Waals surface area contributed by atoms with E-state index in [0.717, 1.165) is 0 Å². The lowest BCUT2D eigenvalue weighted by molar-refractivity contribution is -0.00524. The van der Waals surface area contributed by atoms with Gasteiger partial charge in [-0.1, -0.05) is 13.8 Å². The van der Waals surface area contributed by atoms with Gasteiger partial charge in [-0.3, -0.25) is 0 Å². The summed E-state index contributed by atoms with van der Waals surface area (Å²) in [4.78, 5) is 0. The molecule has 0 radical (unpaired) electrons. The Morgan fingerprint density at radius 2 is 1.70 bits per heavy atom. The maximum absolute atomic E-state index is 11.7. The summed E-state index contributed by atoms with van der Waals surface area (Å²) in [5.74, 6) is 0.288. The van der Waals surface area contributed by atoms with Crippen molar-refractivity contribution in [1.29, 1.82) is 0 Å². The molecule has 2 unspecified atom stereocenters. The van der Waals surface area contributed by atoms with Crippen molar-refractivity contribution in [3.63, 3.8) is 0 Å². The highest BCUT2D eigenvalue weighted by Gasteiger charge is 2.16. The van der Waals surface area contributed by atoms with Crippen LogP contribution in [0, 0.1) is 5.92 Å². The zero-order chi connectivity index (χ0) is 8.15. The summed E-state index contributed by atoms with van der Waals surface area (Å²) < 4.78 is 11.7. The van der Waals surface area contributed by atoms with E-state index in [9.17, 15) is 4.39 Å². The molecule has 0 saturated carbocycles. The zero-order valence-electron chi connectivity index (χ0n) is 6.42. The fraction of sp³-hybridized carbons (Fsp3) is 1.00. The molecule has 0 saturated heterocycles. The van der Waals surface area contributed by atoms with Crippen molar-refractivity contribution in [3.8, 4) is 0 Å². The zero-order valence-corrected chi connectivity index (χ0v) is 6.42. The molecular formula is C7H15FO2. The van der Waals surface area contributed by atoms with Crippen LogP contribution in [-0.2, 0) is 0 Å². The van der Waals surface area contributed by atoms with Gasteiger partial charge in [0.2, 0.25) is 0 Å². The van der Waals surface area contributed by atoms with E-state index in [0.29, 0.717) is 6.42 Å². The van der Waals surface area contributed by atoms with Crippen LogP contribution < -0.4 is 0 Å². The Kier molecular flexibility index (Phi) is 4.56. The molecule has 0 aromatic carbocycles. The monoisotopic (exact) mass is 150 g/mol. The Bertz CT molecular complexity index is 85.7. The van der Waals surface area contributed by atoms with E-state index in [1.54, 1.807) is 0 Å². The van der Waals surface area contributed by atoms with Gasteiger partial charge >= 0.3 is 0 Å². The van der Waals surface area contributed by atoms with Crippen LogP contribution in [0.15, 0.2) is 0 Å². The van der Waals surface area contributed by atoms with Gasteiger partial charge in [-0.05, 0) is 12.3 Å². The van der Waals surface area contributed by atoms with Crippen molar-refractivity contribution in [2.75, 3.05) is 6.67 Å². The van der Waals surface area contributed by atoms with Crippen molar-refractivity contribution in [2.45, 2.75) is 32.5 Å². The molecule has 0 aromatic rings. The number of aliphatic hydroxyl groups is 2. The Morgan fingerprint density at radius 1 is 1.20 bits per heavy atom. The van der Waals surface area contributed by atoms with E-state index in [1.165, 1.54) is 0 Å². The minimum atomic E-state index is -1.21. The largest absolute Gasteiger partial charge is 0.390 e. The molecule has 0 amide bonds. The predicted molar refractivity (Wildman–Crippen MR) is 37.4 cm³/mol. The van der Waals surface area contributed by atoms with Crippen molar-refractivity contribution in [1.82, 2.24) is 0 Å². The Hall–Kier alpha value is -0.150. The van der Waals surface area contributed by atoms with E-state index >= 15 is 0 Å². The molecule has 0 heterocycles. The summed E-state index contributed by atoms with van der Waals surface area (Å²) >= 11 is 0. The fourth-order valence-electron chi connectivity index (χ4n) is 0.743. The number of halogens is 1. The molecule has 2 nitrogen and oxygen atoms in total. The first-order valence-corrected chi connectivity index (χ1v) is 3.50. The summed E-state index contributed by atoms with van der Waals surface area (Å²) in [6, 6.07) is 0. The molecule has 3 heteroatoms. The summed E-state index contributed by atoms with van der Waals surface area (Å²) in [7, 11) is 0. The molecule has 0 spiro atoms. The molecule has 0 fully saturated rings. The van der Waals surface area contributed by atoms with Gasteiger partial charge < -0.3 is 10.2 Å². The molecule has 0 aliphatic carbocycles. The van der Waals surface area contributed by atoms with Crippen LogP contribution in [0.1, 0.15) is 20.3 Å². The van der Waals surface area contributed by atoms with Crippen LogP contribution >= 0.6 is 0 Å². The molecular weight excluding hydrogens is 135 g/mol. The minimum Gasteiger partial charge on any atom is -0.390 e. The number of alkyl halides is 1. The summed E-state index contributed by atoms with van der Waals surface area (Å²) in [5.41, 5.74) is 0. The Balaban J connectivity index is 3.50. The van der Waals surface area contributed by atoms with Gasteiger partial charge in [0.05, 0.1) is 6.10 Å². The standard InChI is InChI=1S/C7H15FO2/c1-5(2)3-6(9)7(10)4-8/h5-7,9-10H,3-4H2,1-2H3. The summed E-state index contributed by atoms with van der Waals surface area (Å²) in [5, 5.41) is 17.7. The van der Waals surface area contributed by atoms with Crippen LogP contribution in [0.25, 0.3) is 0 Å². The quantitative estimate of drug-likeness (QED) is 0.620. The van der Waals surface area contributed by atoms with Crippen molar-refractivity contribution in [3.05, 3.63) is 0 Å². The second-order valence-electron chi connectivity index (χ2n) is 2.92. The van der Waals surface area contributed by atoms with Gasteiger partial charge in [0.15, 0.2) is 0 Å². The first-order valence-electron chi connectivity index (χ1n) is 3.50. The lowest BCUT2D eigenvalue weighted by Gasteiger charge is -2.16. The Labute approximate surface area is 60.7 Å². The molecule has 0 aliphatic rings. The van der Waals surface area contributed by atoms with Gasteiger partial charge in [0, 0.05) is 0 Å². The molecule has 0 aromatic heterocycles. The molecule has 2 N–H and O–H groups in total. The average Bonchev–Trinajstić information content (AvgIpc) is 1.85. The molecule has 0 rings (SSSR count). The fourth-order valence-corrected chi connectivity index (χ4v) is 0.743. The highest BCUT2D eigenvalue weighted by atomic mass is 19.1. The van der Waals surface area contributed by atoms with Crippen molar-refractivity contribution in [2.24, 2.45) is 5.92 Å². The van der Waals surface area contributed by atoms with E-state index in [2.05, 4.69) is 0 Å². The van der Waals surface area contributed by atoms with Gasteiger partial charge in [0.25, 0.3) is 0 Å². The second-order valence-corrected chi connectivity index (χ2v) is 2.92. The van der Waals surface area contributed by atoms with Crippen LogP contribution in [-0.4, -0.2) is 29.1 Å². The number of hydrogen-bond acceptors (Lipinski definition) is 2. The van der Waals surface area contributed by atoms with Crippen LogP contribution in [0.3, 0.4) is 0 Å². The van der Waals surface area contributed by atoms with E-state index < -0.39 is 18.9 Å². The molecule has 62 valence electrons. The average molecular weight is 150 g/mol. The van der Waals surface area contributed by atoms with Crippen LogP contribution in [0.2, 0.25) is 0 Å². The third-order valence-corrected chi connectivity index (χ3v) is 1.32. The maximum Gasteiger partial charge on any atom is 0.118 e. The third kappa shape index (κ3) is 3.80. The normalized spacial score (nSPS) is 17.4. The molecule has 10 heavy (non-hydrogen) atoms. The predicted octanol–water partition coefficient (Wildman–Crippen LogP) is 0.724. The summed E-state index contributed by atoms with van der Waals surface area (Å²) in [6.45, 7) is 2.95. The van der Waals surface area contributed by atoms with Crippen LogP contribution in [0.4, 0.5) is 4.39 Å². The third-order valence-electron chi connectivity index (χ3n) is 1.32. The lowest BCUT2D eigenvalue weighted by atomic mass is 10.0. The van der Waals surface area contributed by atoms with Crippen molar-refractivity contribution >= 4 is 0 Å². The summed E-state index contributed by atoms with van der Waals surface area (Å²) in [6.07, 6.45) is -1.67. The maximum atomic E-state index is 11.7. The van der Waals surface area contributed by atoms with Crippen LogP contribution in [0.5, 0.6) is 0 Å². The minimum absolute atomic E-state index is 0.288. The first-order chi connectivity index (χ1) is 4.57. The van der Waals surface area contributed by atoms with Gasteiger partial charge in [0.1, 0.15) is 12.8 Å². The van der Waals surface area contributed by atoms with Gasteiger partial charge in [-0.25, -0.2) is 4.39 Å². The number of rotatable bonds is 4. The van der Waals surface area contributed by atoms with Crippen molar-refractivity contribution < 1.29 is 14.6 Å². The van der Waals surface area contributed by atoms with E-state index in [1.807, 2.05) is 13.8 Å². The Morgan fingerprint density at radius 3 is 2.00 bits per heavy atom. The lowest BCUT2D eigenvalue weighted by Crippen LogP contribution is -2.28. The van der Waals surface area contributed by atoms with E-state index in [-0.39, 0.29) is 5.92 Å². The van der Waals surface area contributed by atoms with Gasteiger partial charge in [-0.2, -0.15) is 0 Å². The molecule has 2 atom stereocenters. The topological polar surface area (TPSA) is 40.5 Å². The molecule has 0 bridgehead atoms. The van der Waals surface area contributed by atoms with Gasteiger partial charge in [-0.15, -0.1) is 0 Å². The second kappa shape index (κ2) is 4.63. The SMILES string of the molecule is CC(C)CC(O)C(O)CF. The number of hydrogen-bond donors (Lipinski definition) is 2. The number of aliphatic hydroxyl groups excluding tert-OH is 2. The smallest absolute Gasteiger partial charge is 0.118 e. The highest BCUT2D eigenvalue weighted by molar-refractivity contribution is 4.66. The molecule has 0 aliphatic heterocycles. The van der Waals surface area contributed by atoms with E-state index in [4.69, 9.17) is 10.2 Å². The highest BCUT2D eigenvalue weighted by Crippen LogP contribution is 2.07. The first kappa shape index (κ1) is 9.85.